The third-order valence-electron chi connectivity index (χ3n) is 2.61. The van der Waals surface area contributed by atoms with Crippen LogP contribution in [0.1, 0.15) is 31.1 Å². The summed E-state index contributed by atoms with van der Waals surface area (Å²) in [6.07, 6.45) is 0. The van der Waals surface area contributed by atoms with Gasteiger partial charge in [0.25, 0.3) is 0 Å². The fourth-order valence-electron chi connectivity index (χ4n) is 1.81. The van der Waals surface area contributed by atoms with Crippen LogP contribution in [-0.2, 0) is 0 Å². The molecule has 0 amide bonds. The molecule has 0 aliphatic carbocycles. The van der Waals surface area contributed by atoms with E-state index in [9.17, 15) is 4.79 Å². The van der Waals surface area contributed by atoms with E-state index in [4.69, 9.17) is 5.11 Å². The number of aliphatic hydroxyl groups excluding tert-OH is 1. The van der Waals surface area contributed by atoms with E-state index in [1.54, 1.807) is 6.92 Å². The molecule has 0 aliphatic heterocycles. The number of nitrogens with zero attached hydrogens (tertiary/aromatic N) is 1. The van der Waals surface area contributed by atoms with Crippen molar-refractivity contribution in [3.05, 3.63) is 28.2 Å². The second kappa shape index (κ2) is 6.17. The molecule has 4 heteroatoms. The number of Topliss-reactive ketones (excluding diaryl/α,β-unsaturated/α-hetero) is 1. The molecule has 0 fully saturated rings. The molecule has 94 valence electrons. The number of ketones is 1. The molecule has 0 unspecified atom stereocenters. The van der Waals surface area contributed by atoms with Gasteiger partial charge in [0.1, 0.15) is 0 Å². The second-order valence-corrected chi connectivity index (χ2v) is 5.14. The van der Waals surface area contributed by atoms with Gasteiger partial charge in [-0.2, -0.15) is 0 Å². The molecule has 0 aromatic heterocycles. The van der Waals surface area contributed by atoms with Crippen LogP contribution in [0.25, 0.3) is 0 Å². The maximum Gasteiger partial charge on any atom is 0.161 e. The Morgan fingerprint density at radius 2 is 2.12 bits per heavy atom. The van der Waals surface area contributed by atoms with Crippen LogP contribution in [0, 0.1) is 0 Å². The second-order valence-electron chi connectivity index (χ2n) is 4.23. The Balaban J connectivity index is 3.22. The van der Waals surface area contributed by atoms with E-state index in [2.05, 4.69) is 15.9 Å². The summed E-state index contributed by atoms with van der Waals surface area (Å²) in [5.41, 5.74) is 1.56. The van der Waals surface area contributed by atoms with Gasteiger partial charge in [-0.3, -0.25) is 4.79 Å². The van der Waals surface area contributed by atoms with Gasteiger partial charge in [-0.15, -0.1) is 0 Å². The van der Waals surface area contributed by atoms with Crippen molar-refractivity contribution in [2.45, 2.75) is 26.8 Å². The number of carbonyl (C=O) groups is 1. The molecule has 0 heterocycles. The summed E-state index contributed by atoms with van der Waals surface area (Å²) in [6.45, 7) is 6.25. The van der Waals surface area contributed by atoms with Crippen molar-refractivity contribution in [3.8, 4) is 0 Å². The van der Waals surface area contributed by atoms with Gasteiger partial charge in [0, 0.05) is 28.3 Å². The Labute approximate surface area is 111 Å². The normalized spacial score (nSPS) is 10.7. The highest BCUT2D eigenvalue weighted by Crippen LogP contribution is 2.26. The monoisotopic (exact) mass is 299 g/mol. The number of benzene rings is 1. The molecule has 3 nitrogen and oxygen atoms in total. The SMILES string of the molecule is CC(=O)c1cc(Br)ccc1N(CCO)C(C)C. The number of hydrogen-bond donors (Lipinski definition) is 1. The van der Waals surface area contributed by atoms with Gasteiger partial charge < -0.3 is 10.0 Å². The Bertz CT molecular complexity index is 404. The summed E-state index contributed by atoms with van der Waals surface area (Å²) < 4.78 is 0.888. The smallest absolute Gasteiger partial charge is 0.161 e. The van der Waals surface area contributed by atoms with Crippen LogP contribution in [0.15, 0.2) is 22.7 Å². The number of halogens is 1. The lowest BCUT2D eigenvalue weighted by atomic mass is 10.1. The maximum atomic E-state index is 11.6. The Morgan fingerprint density at radius 1 is 1.47 bits per heavy atom. The number of hydrogen-bond acceptors (Lipinski definition) is 3. The van der Waals surface area contributed by atoms with Crippen LogP contribution in [0.5, 0.6) is 0 Å². The standard InChI is InChI=1S/C13H18BrNO2/c1-9(2)15(6-7-16)13-5-4-11(14)8-12(13)10(3)17/h4-5,8-9,16H,6-7H2,1-3H3. The predicted octanol–water partition coefficient (Wildman–Crippen LogP) is 2.86. The molecule has 0 bridgehead atoms. The Kier molecular flexibility index (Phi) is 5.15. The van der Waals surface area contributed by atoms with E-state index >= 15 is 0 Å². The fourth-order valence-corrected chi connectivity index (χ4v) is 2.17. The molecular formula is C13H18BrNO2. The largest absolute Gasteiger partial charge is 0.395 e. The molecule has 0 saturated carbocycles. The third kappa shape index (κ3) is 3.54. The lowest BCUT2D eigenvalue weighted by Gasteiger charge is -2.30. The average Bonchev–Trinajstić information content (AvgIpc) is 2.26. The molecule has 0 aliphatic rings. The zero-order chi connectivity index (χ0) is 13.0. The lowest BCUT2D eigenvalue weighted by Crippen LogP contribution is -2.34. The first-order chi connectivity index (χ1) is 7.97. The van der Waals surface area contributed by atoms with E-state index in [1.807, 2.05) is 36.9 Å². The highest BCUT2D eigenvalue weighted by atomic mass is 79.9. The molecular weight excluding hydrogens is 282 g/mol. The zero-order valence-corrected chi connectivity index (χ0v) is 12.0. The molecule has 1 aromatic carbocycles. The summed E-state index contributed by atoms with van der Waals surface area (Å²) in [6, 6.07) is 5.89. The van der Waals surface area contributed by atoms with Crippen LogP contribution in [0.2, 0.25) is 0 Å². The summed E-state index contributed by atoms with van der Waals surface area (Å²) in [7, 11) is 0. The molecule has 17 heavy (non-hydrogen) atoms. The van der Waals surface area contributed by atoms with Gasteiger partial charge >= 0.3 is 0 Å². The number of anilines is 1. The first-order valence-corrected chi connectivity index (χ1v) is 6.44. The van der Waals surface area contributed by atoms with Crippen molar-refractivity contribution in [1.29, 1.82) is 0 Å². The first-order valence-electron chi connectivity index (χ1n) is 5.65. The minimum absolute atomic E-state index is 0.0323. The molecule has 1 rings (SSSR count). The lowest BCUT2D eigenvalue weighted by molar-refractivity contribution is 0.101. The minimum Gasteiger partial charge on any atom is -0.395 e. The maximum absolute atomic E-state index is 11.6. The van der Waals surface area contributed by atoms with Crippen molar-refractivity contribution in [2.24, 2.45) is 0 Å². The van der Waals surface area contributed by atoms with Crippen molar-refractivity contribution in [3.63, 3.8) is 0 Å². The number of rotatable bonds is 5. The average molecular weight is 300 g/mol. The predicted molar refractivity (Wildman–Crippen MR) is 73.7 cm³/mol. The summed E-state index contributed by atoms with van der Waals surface area (Å²) in [4.78, 5) is 13.7. The Morgan fingerprint density at radius 3 is 2.59 bits per heavy atom. The highest BCUT2D eigenvalue weighted by Gasteiger charge is 2.16. The van der Waals surface area contributed by atoms with Crippen LogP contribution >= 0.6 is 15.9 Å². The topological polar surface area (TPSA) is 40.5 Å². The first kappa shape index (κ1) is 14.2. The van der Waals surface area contributed by atoms with Gasteiger partial charge in [-0.05, 0) is 39.0 Å². The molecule has 0 radical (unpaired) electrons. The highest BCUT2D eigenvalue weighted by molar-refractivity contribution is 9.10. The van der Waals surface area contributed by atoms with Gasteiger partial charge in [0.2, 0.25) is 0 Å². The number of carbonyl (C=O) groups excluding carboxylic acids is 1. The molecule has 1 N–H and O–H groups in total. The summed E-state index contributed by atoms with van der Waals surface area (Å²) >= 11 is 3.37. The van der Waals surface area contributed by atoms with Gasteiger partial charge in [0.05, 0.1) is 6.61 Å². The summed E-state index contributed by atoms with van der Waals surface area (Å²) in [5.74, 6) is 0.0323. The van der Waals surface area contributed by atoms with Crippen molar-refractivity contribution in [1.82, 2.24) is 0 Å². The van der Waals surface area contributed by atoms with E-state index in [0.29, 0.717) is 12.1 Å². The van der Waals surface area contributed by atoms with E-state index in [-0.39, 0.29) is 18.4 Å². The summed E-state index contributed by atoms with van der Waals surface area (Å²) in [5, 5.41) is 9.10. The van der Waals surface area contributed by atoms with E-state index in [1.165, 1.54) is 0 Å². The van der Waals surface area contributed by atoms with Crippen LogP contribution in [-0.4, -0.2) is 30.1 Å². The number of aliphatic hydroxyl groups is 1. The molecule has 1 aromatic rings. The van der Waals surface area contributed by atoms with Crippen molar-refractivity contribution in [2.75, 3.05) is 18.1 Å². The van der Waals surface area contributed by atoms with Crippen molar-refractivity contribution < 1.29 is 9.90 Å². The molecule has 0 saturated heterocycles. The third-order valence-corrected chi connectivity index (χ3v) is 3.10. The van der Waals surface area contributed by atoms with Gasteiger partial charge in [-0.1, -0.05) is 15.9 Å². The fraction of sp³-hybridized carbons (Fsp3) is 0.462. The van der Waals surface area contributed by atoms with Gasteiger partial charge in [0.15, 0.2) is 5.78 Å². The Hall–Kier alpha value is -0.870. The van der Waals surface area contributed by atoms with Crippen LogP contribution in [0.4, 0.5) is 5.69 Å². The van der Waals surface area contributed by atoms with Crippen molar-refractivity contribution >= 4 is 27.4 Å². The van der Waals surface area contributed by atoms with Crippen LogP contribution < -0.4 is 4.90 Å². The minimum atomic E-state index is 0.0323. The van der Waals surface area contributed by atoms with E-state index in [0.717, 1.165) is 10.2 Å². The molecule has 0 spiro atoms. The van der Waals surface area contributed by atoms with Crippen LogP contribution in [0.3, 0.4) is 0 Å². The van der Waals surface area contributed by atoms with E-state index < -0.39 is 0 Å². The molecule has 0 atom stereocenters. The quantitative estimate of drug-likeness (QED) is 0.850. The zero-order valence-electron chi connectivity index (χ0n) is 10.4. The van der Waals surface area contributed by atoms with Gasteiger partial charge in [-0.25, -0.2) is 0 Å².